The minimum atomic E-state index is -0.681. The maximum absolute atomic E-state index is 11.9. The van der Waals surface area contributed by atoms with Gasteiger partial charge in [-0.05, 0) is 23.8 Å². The highest BCUT2D eigenvalue weighted by atomic mass is 35.5. The number of hydrogen-bond acceptors (Lipinski definition) is 3. The van der Waals surface area contributed by atoms with Crippen LogP contribution in [-0.2, 0) is 11.2 Å². The summed E-state index contributed by atoms with van der Waals surface area (Å²) in [7, 11) is 0. The van der Waals surface area contributed by atoms with Crippen molar-refractivity contribution in [3.8, 4) is 0 Å². The molecule has 0 radical (unpaired) electrons. The zero-order valence-corrected chi connectivity index (χ0v) is 13.8. The molecule has 2 amide bonds. The number of aliphatic hydroxyl groups excluding tert-OH is 1. The van der Waals surface area contributed by atoms with Gasteiger partial charge in [-0.15, -0.1) is 0 Å². The van der Waals surface area contributed by atoms with Crippen LogP contribution in [0.1, 0.15) is 15.9 Å². The van der Waals surface area contributed by atoms with E-state index in [1.807, 2.05) is 30.3 Å². The molecule has 0 aliphatic heterocycles. The lowest BCUT2D eigenvalue weighted by atomic mass is 10.1. The fourth-order valence-electron chi connectivity index (χ4n) is 2.14. The number of rotatable bonds is 7. The van der Waals surface area contributed by atoms with Gasteiger partial charge in [0.1, 0.15) is 0 Å². The van der Waals surface area contributed by atoms with Crippen LogP contribution in [0.5, 0.6) is 0 Å². The van der Waals surface area contributed by atoms with Crippen LogP contribution in [0.25, 0.3) is 0 Å². The minimum Gasteiger partial charge on any atom is -0.391 e. The van der Waals surface area contributed by atoms with Gasteiger partial charge in [0, 0.05) is 23.6 Å². The third-order valence-corrected chi connectivity index (χ3v) is 3.58. The van der Waals surface area contributed by atoms with Crippen LogP contribution >= 0.6 is 11.6 Å². The molecule has 3 N–H and O–H groups in total. The molecule has 2 rings (SSSR count). The van der Waals surface area contributed by atoms with Gasteiger partial charge in [0.05, 0.1) is 12.6 Å². The van der Waals surface area contributed by atoms with Crippen molar-refractivity contribution in [3.05, 3.63) is 70.7 Å². The van der Waals surface area contributed by atoms with E-state index >= 15 is 0 Å². The van der Waals surface area contributed by atoms with Crippen molar-refractivity contribution in [1.82, 2.24) is 10.6 Å². The molecule has 0 spiro atoms. The Morgan fingerprint density at radius 3 is 2.50 bits per heavy atom. The van der Waals surface area contributed by atoms with Crippen LogP contribution in [0.4, 0.5) is 0 Å². The molecule has 6 heteroatoms. The summed E-state index contributed by atoms with van der Waals surface area (Å²) in [5.41, 5.74) is 1.38. The summed E-state index contributed by atoms with van der Waals surface area (Å²) >= 11 is 5.82. The number of carbonyl (C=O) groups is 2. The SMILES string of the molecule is O=C(CNC(=O)c1cccc(Cl)c1)NCC(O)Cc1ccccc1. The molecule has 0 heterocycles. The number of benzene rings is 2. The van der Waals surface area contributed by atoms with Gasteiger partial charge >= 0.3 is 0 Å². The average molecular weight is 347 g/mol. The lowest BCUT2D eigenvalue weighted by Gasteiger charge is -2.12. The van der Waals surface area contributed by atoms with E-state index < -0.39 is 6.10 Å². The van der Waals surface area contributed by atoms with Gasteiger partial charge in [0.25, 0.3) is 5.91 Å². The molecule has 5 nitrogen and oxygen atoms in total. The first-order chi connectivity index (χ1) is 11.5. The largest absolute Gasteiger partial charge is 0.391 e. The van der Waals surface area contributed by atoms with E-state index in [4.69, 9.17) is 11.6 Å². The van der Waals surface area contributed by atoms with E-state index in [0.717, 1.165) is 5.56 Å². The lowest BCUT2D eigenvalue weighted by molar-refractivity contribution is -0.120. The van der Waals surface area contributed by atoms with Crippen molar-refractivity contribution in [1.29, 1.82) is 0 Å². The zero-order valence-electron chi connectivity index (χ0n) is 13.0. The molecule has 0 bridgehead atoms. The van der Waals surface area contributed by atoms with Crippen LogP contribution < -0.4 is 10.6 Å². The van der Waals surface area contributed by atoms with Crippen molar-refractivity contribution < 1.29 is 14.7 Å². The first-order valence-electron chi connectivity index (χ1n) is 7.57. The van der Waals surface area contributed by atoms with Crippen LogP contribution in [0.15, 0.2) is 54.6 Å². The first kappa shape index (κ1) is 18.0. The van der Waals surface area contributed by atoms with Crippen molar-refractivity contribution in [2.24, 2.45) is 0 Å². The standard InChI is InChI=1S/C18H19ClN2O3/c19-15-8-4-7-14(10-15)18(24)21-12-17(23)20-11-16(22)9-13-5-2-1-3-6-13/h1-8,10,16,22H,9,11-12H2,(H,20,23)(H,21,24). The smallest absolute Gasteiger partial charge is 0.251 e. The summed E-state index contributed by atoms with van der Waals surface area (Å²) in [6.07, 6.45) is -0.226. The Hall–Kier alpha value is -2.37. The highest BCUT2D eigenvalue weighted by molar-refractivity contribution is 6.30. The molecule has 1 unspecified atom stereocenters. The van der Waals surface area contributed by atoms with Crippen molar-refractivity contribution >= 4 is 23.4 Å². The van der Waals surface area contributed by atoms with Gasteiger partial charge in [-0.2, -0.15) is 0 Å². The second kappa shape index (κ2) is 9.05. The second-order valence-corrected chi connectivity index (χ2v) is 5.78. The van der Waals surface area contributed by atoms with Gasteiger partial charge < -0.3 is 15.7 Å². The lowest BCUT2D eigenvalue weighted by Crippen LogP contribution is -2.40. The highest BCUT2D eigenvalue weighted by Crippen LogP contribution is 2.10. The number of halogens is 1. The van der Waals surface area contributed by atoms with Crippen LogP contribution in [0.3, 0.4) is 0 Å². The summed E-state index contributed by atoms with van der Waals surface area (Å²) in [6, 6.07) is 16.0. The van der Waals surface area contributed by atoms with Crippen LogP contribution in [0, 0.1) is 0 Å². The van der Waals surface area contributed by atoms with Gasteiger partial charge in [-0.3, -0.25) is 9.59 Å². The van der Waals surface area contributed by atoms with Crippen molar-refractivity contribution in [3.63, 3.8) is 0 Å². The number of nitrogens with one attached hydrogen (secondary N) is 2. The number of hydrogen-bond donors (Lipinski definition) is 3. The quantitative estimate of drug-likeness (QED) is 0.715. The molecule has 0 saturated carbocycles. The first-order valence-corrected chi connectivity index (χ1v) is 7.95. The Balaban J connectivity index is 1.70. The fourth-order valence-corrected chi connectivity index (χ4v) is 2.34. The molecule has 24 heavy (non-hydrogen) atoms. The van der Waals surface area contributed by atoms with E-state index in [1.165, 1.54) is 6.07 Å². The maximum atomic E-state index is 11.9. The Kier molecular flexibility index (Phi) is 6.78. The van der Waals surface area contributed by atoms with Gasteiger partial charge in [0.2, 0.25) is 5.91 Å². The number of carbonyl (C=O) groups excluding carboxylic acids is 2. The van der Waals surface area contributed by atoms with Crippen LogP contribution in [-0.4, -0.2) is 36.1 Å². The Morgan fingerprint density at radius 1 is 1.04 bits per heavy atom. The second-order valence-electron chi connectivity index (χ2n) is 5.34. The van der Waals surface area contributed by atoms with Crippen molar-refractivity contribution in [2.75, 3.05) is 13.1 Å². The van der Waals surface area contributed by atoms with Gasteiger partial charge in [-0.25, -0.2) is 0 Å². The predicted octanol–water partition coefficient (Wildman–Crippen LogP) is 1.79. The molecular formula is C18H19ClN2O3. The molecule has 2 aromatic carbocycles. The Bertz CT molecular complexity index is 692. The molecule has 0 saturated heterocycles. The molecule has 0 aromatic heterocycles. The van der Waals surface area contributed by atoms with Crippen molar-refractivity contribution in [2.45, 2.75) is 12.5 Å². The Labute approximate surface area is 145 Å². The molecule has 0 aliphatic carbocycles. The predicted molar refractivity (Wildman–Crippen MR) is 92.9 cm³/mol. The van der Waals surface area contributed by atoms with E-state index in [-0.39, 0.29) is 24.9 Å². The third-order valence-electron chi connectivity index (χ3n) is 3.35. The van der Waals surface area contributed by atoms with E-state index in [9.17, 15) is 14.7 Å². The Morgan fingerprint density at radius 2 is 1.79 bits per heavy atom. The van der Waals surface area contributed by atoms with Gasteiger partial charge in [0.15, 0.2) is 0 Å². The highest BCUT2D eigenvalue weighted by Gasteiger charge is 2.10. The summed E-state index contributed by atoms with van der Waals surface area (Å²) in [5.74, 6) is -0.741. The number of aliphatic hydroxyl groups is 1. The summed E-state index contributed by atoms with van der Waals surface area (Å²) in [6.45, 7) is -0.0375. The molecule has 126 valence electrons. The normalized spacial score (nSPS) is 11.6. The fraction of sp³-hybridized carbons (Fsp3) is 0.222. The van der Waals surface area contributed by atoms with Crippen LogP contribution in [0.2, 0.25) is 5.02 Å². The molecule has 0 aliphatic rings. The zero-order chi connectivity index (χ0) is 17.4. The minimum absolute atomic E-state index is 0.126. The molecule has 1 atom stereocenters. The third kappa shape index (κ3) is 6.02. The molecule has 0 fully saturated rings. The molecule has 2 aromatic rings. The number of amides is 2. The van der Waals surface area contributed by atoms with E-state index in [0.29, 0.717) is 17.0 Å². The summed E-state index contributed by atoms with van der Waals surface area (Å²) in [4.78, 5) is 23.6. The monoisotopic (exact) mass is 346 g/mol. The summed E-state index contributed by atoms with van der Waals surface area (Å²) in [5, 5.41) is 15.5. The van der Waals surface area contributed by atoms with E-state index in [2.05, 4.69) is 10.6 Å². The van der Waals surface area contributed by atoms with E-state index in [1.54, 1.807) is 18.2 Å². The van der Waals surface area contributed by atoms with Gasteiger partial charge in [-0.1, -0.05) is 48.0 Å². The average Bonchev–Trinajstić information content (AvgIpc) is 2.58. The topological polar surface area (TPSA) is 78.4 Å². The molecular weight excluding hydrogens is 328 g/mol. The maximum Gasteiger partial charge on any atom is 0.251 e. The summed E-state index contributed by atoms with van der Waals surface area (Å²) < 4.78 is 0.